The van der Waals surface area contributed by atoms with E-state index in [9.17, 15) is 4.79 Å². The van der Waals surface area contributed by atoms with Gasteiger partial charge in [-0.05, 0) is 13.8 Å². The molecule has 0 amide bonds. The zero-order valence-corrected chi connectivity index (χ0v) is 8.36. The molecular formula is C10H14O4. The molecule has 14 heavy (non-hydrogen) atoms. The minimum Gasteiger partial charge on any atom is -0.462 e. The van der Waals surface area contributed by atoms with Crippen molar-refractivity contribution < 1.29 is 19.0 Å². The molecule has 2 heterocycles. The molecule has 3 aliphatic rings. The Morgan fingerprint density at radius 1 is 1.29 bits per heavy atom. The summed E-state index contributed by atoms with van der Waals surface area (Å²) < 4.78 is 16.7. The maximum atomic E-state index is 11.1. The lowest BCUT2D eigenvalue weighted by molar-refractivity contribution is -0.162. The lowest BCUT2D eigenvalue weighted by atomic mass is 10.0. The molecule has 0 N–H and O–H groups in total. The molecule has 4 atom stereocenters. The number of hydrogen-bond donors (Lipinski definition) is 0. The third kappa shape index (κ3) is 1.10. The van der Waals surface area contributed by atoms with E-state index in [2.05, 4.69) is 0 Å². The fourth-order valence-corrected chi connectivity index (χ4v) is 2.82. The Kier molecular flexibility index (Phi) is 1.55. The third-order valence-corrected chi connectivity index (χ3v) is 3.27. The van der Waals surface area contributed by atoms with Crippen molar-refractivity contribution in [2.45, 2.75) is 50.8 Å². The summed E-state index contributed by atoms with van der Waals surface area (Å²) in [7, 11) is 0. The van der Waals surface area contributed by atoms with Gasteiger partial charge in [0.1, 0.15) is 6.10 Å². The van der Waals surface area contributed by atoms with E-state index in [1.54, 1.807) is 0 Å². The van der Waals surface area contributed by atoms with Gasteiger partial charge in [-0.25, -0.2) is 0 Å². The highest BCUT2D eigenvalue weighted by Crippen LogP contribution is 2.46. The molecule has 1 aliphatic carbocycles. The van der Waals surface area contributed by atoms with Crippen LogP contribution in [0.4, 0.5) is 0 Å². The Morgan fingerprint density at radius 3 is 2.86 bits per heavy atom. The van der Waals surface area contributed by atoms with Crippen LogP contribution < -0.4 is 0 Å². The average Bonchev–Trinajstić information content (AvgIpc) is 2.58. The second-order valence-electron chi connectivity index (χ2n) is 4.77. The van der Waals surface area contributed by atoms with Crippen LogP contribution in [0.25, 0.3) is 0 Å². The topological polar surface area (TPSA) is 44.8 Å². The van der Waals surface area contributed by atoms with E-state index >= 15 is 0 Å². The molecule has 0 aromatic heterocycles. The zero-order valence-electron chi connectivity index (χ0n) is 8.36. The summed E-state index contributed by atoms with van der Waals surface area (Å²) >= 11 is 0. The number of ether oxygens (including phenoxy) is 3. The van der Waals surface area contributed by atoms with Crippen molar-refractivity contribution in [3.8, 4) is 0 Å². The van der Waals surface area contributed by atoms with Crippen LogP contribution in [0.5, 0.6) is 0 Å². The number of carbonyl (C=O) groups is 1. The molecule has 2 saturated heterocycles. The van der Waals surface area contributed by atoms with Crippen LogP contribution >= 0.6 is 0 Å². The van der Waals surface area contributed by atoms with Crippen molar-refractivity contribution in [2.75, 3.05) is 0 Å². The van der Waals surface area contributed by atoms with Gasteiger partial charge < -0.3 is 14.2 Å². The fraction of sp³-hybridized carbons (Fsp3) is 0.900. The molecular weight excluding hydrogens is 184 g/mol. The maximum Gasteiger partial charge on any atom is 0.306 e. The van der Waals surface area contributed by atoms with E-state index in [4.69, 9.17) is 14.2 Å². The third-order valence-electron chi connectivity index (χ3n) is 3.27. The molecule has 4 heteroatoms. The summed E-state index contributed by atoms with van der Waals surface area (Å²) in [5.74, 6) is -0.368. The molecule has 0 bridgehead atoms. The molecule has 0 radical (unpaired) electrons. The first-order chi connectivity index (χ1) is 6.55. The van der Waals surface area contributed by atoms with Gasteiger partial charge in [0.15, 0.2) is 5.79 Å². The van der Waals surface area contributed by atoms with Gasteiger partial charge in [-0.15, -0.1) is 0 Å². The second kappa shape index (κ2) is 2.49. The van der Waals surface area contributed by atoms with Gasteiger partial charge >= 0.3 is 5.97 Å². The lowest BCUT2D eigenvalue weighted by Gasteiger charge is -2.20. The average molecular weight is 198 g/mol. The monoisotopic (exact) mass is 198 g/mol. The second-order valence-corrected chi connectivity index (χ2v) is 4.77. The fourth-order valence-electron chi connectivity index (χ4n) is 2.82. The molecule has 78 valence electrons. The van der Waals surface area contributed by atoms with Crippen LogP contribution in [-0.4, -0.2) is 30.1 Å². The number of fused-ring (bicyclic) bond motifs is 3. The molecule has 3 fully saturated rings. The summed E-state index contributed by atoms with van der Waals surface area (Å²) in [6.45, 7) is 3.83. The first kappa shape index (κ1) is 8.68. The lowest BCUT2D eigenvalue weighted by Crippen LogP contribution is -2.27. The van der Waals surface area contributed by atoms with Crippen molar-refractivity contribution in [2.24, 2.45) is 5.92 Å². The van der Waals surface area contributed by atoms with Crippen molar-refractivity contribution >= 4 is 5.97 Å². The molecule has 4 nitrogen and oxygen atoms in total. The smallest absolute Gasteiger partial charge is 0.306 e. The predicted octanol–water partition coefficient (Wildman–Crippen LogP) is 0.842. The van der Waals surface area contributed by atoms with Crippen LogP contribution in [-0.2, 0) is 19.0 Å². The van der Waals surface area contributed by atoms with Gasteiger partial charge in [-0.1, -0.05) is 0 Å². The summed E-state index contributed by atoms with van der Waals surface area (Å²) in [6, 6.07) is 0. The molecule has 2 aliphatic heterocycles. The van der Waals surface area contributed by atoms with Crippen LogP contribution in [0.2, 0.25) is 0 Å². The Hall–Kier alpha value is -0.610. The highest BCUT2D eigenvalue weighted by atomic mass is 16.8. The van der Waals surface area contributed by atoms with E-state index < -0.39 is 5.79 Å². The Morgan fingerprint density at radius 2 is 2.07 bits per heavy atom. The van der Waals surface area contributed by atoms with E-state index in [0.717, 1.165) is 6.42 Å². The zero-order chi connectivity index (χ0) is 9.92. The number of hydrogen-bond acceptors (Lipinski definition) is 4. The van der Waals surface area contributed by atoms with Gasteiger partial charge in [0.2, 0.25) is 0 Å². The van der Waals surface area contributed by atoms with Gasteiger partial charge in [0, 0.05) is 12.3 Å². The standard InChI is InChI=1S/C10H14O4/c1-10(2)13-7-4-6-5(9(7)14-10)3-8(11)12-6/h5-7,9H,3-4H2,1-2H3/t5-,6-,7+,9-/m0/s1. The highest BCUT2D eigenvalue weighted by molar-refractivity contribution is 5.72. The van der Waals surface area contributed by atoms with Crippen LogP contribution in [0, 0.1) is 5.92 Å². The van der Waals surface area contributed by atoms with Crippen molar-refractivity contribution in [1.82, 2.24) is 0 Å². The molecule has 0 spiro atoms. The molecule has 1 saturated carbocycles. The van der Waals surface area contributed by atoms with E-state index in [0.29, 0.717) is 6.42 Å². The Balaban J connectivity index is 1.81. The first-order valence-electron chi connectivity index (χ1n) is 5.10. The predicted molar refractivity (Wildman–Crippen MR) is 46.4 cm³/mol. The first-order valence-corrected chi connectivity index (χ1v) is 5.10. The molecule has 0 aromatic carbocycles. The minimum atomic E-state index is -0.494. The van der Waals surface area contributed by atoms with E-state index in [1.807, 2.05) is 13.8 Å². The Labute approximate surface area is 82.5 Å². The summed E-state index contributed by atoms with van der Waals surface area (Å²) in [5.41, 5.74) is 0. The molecule has 0 unspecified atom stereocenters. The van der Waals surface area contributed by atoms with E-state index in [-0.39, 0.29) is 30.2 Å². The number of rotatable bonds is 0. The van der Waals surface area contributed by atoms with Crippen molar-refractivity contribution in [1.29, 1.82) is 0 Å². The van der Waals surface area contributed by atoms with Gasteiger partial charge in [-0.3, -0.25) is 4.79 Å². The quantitative estimate of drug-likeness (QED) is 0.541. The minimum absolute atomic E-state index is 0.0357. The number of carbonyl (C=O) groups excluding carboxylic acids is 1. The molecule has 0 aromatic rings. The normalized spacial score (nSPS) is 48.9. The summed E-state index contributed by atoms with van der Waals surface area (Å²) in [5, 5.41) is 0. The summed E-state index contributed by atoms with van der Waals surface area (Å²) in [6.07, 6.45) is 1.50. The number of esters is 1. The van der Waals surface area contributed by atoms with Gasteiger partial charge in [0.05, 0.1) is 18.6 Å². The highest BCUT2D eigenvalue weighted by Gasteiger charge is 2.57. The van der Waals surface area contributed by atoms with Crippen LogP contribution in [0.3, 0.4) is 0 Å². The summed E-state index contributed by atoms with van der Waals surface area (Å²) in [4.78, 5) is 11.1. The largest absolute Gasteiger partial charge is 0.462 e. The van der Waals surface area contributed by atoms with Crippen molar-refractivity contribution in [3.63, 3.8) is 0 Å². The van der Waals surface area contributed by atoms with Gasteiger partial charge in [-0.2, -0.15) is 0 Å². The SMILES string of the molecule is CC1(C)O[C@H]2[C@H]3CC(=O)O[C@H]3C[C@H]2O1. The van der Waals surface area contributed by atoms with Crippen LogP contribution in [0.15, 0.2) is 0 Å². The van der Waals surface area contributed by atoms with Crippen molar-refractivity contribution in [3.05, 3.63) is 0 Å². The Bertz CT molecular complexity index is 286. The maximum absolute atomic E-state index is 11.1. The molecule has 3 rings (SSSR count). The van der Waals surface area contributed by atoms with Gasteiger partial charge in [0.25, 0.3) is 0 Å². The van der Waals surface area contributed by atoms with E-state index in [1.165, 1.54) is 0 Å². The van der Waals surface area contributed by atoms with Crippen LogP contribution in [0.1, 0.15) is 26.7 Å².